The number of nitrogens with one attached hydrogen (secondary N) is 1. The van der Waals surface area contributed by atoms with Crippen LogP contribution in [-0.2, 0) is 17.6 Å². The molecule has 0 aliphatic rings. The van der Waals surface area contributed by atoms with Crippen LogP contribution in [0.1, 0.15) is 16.7 Å². The van der Waals surface area contributed by atoms with Crippen LogP contribution < -0.4 is 5.32 Å². The van der Waals surface area contributed by atoms with Crippen LogP contribution in [0.15, 0.2) is 84.2 Å². The fourth-order valence-corrected chi connectivity index (χ4v) is 3.78. The van der Waals surface area contributed by atoms with Gasteiger partial charge in [0, 0.05) is 10.9 Å². The summed E-state index contributed by atoms with van der Waals surface area (Å²) in [5.74, 6) is -0.482. The molecule has 1 N–H and O–H groups in total. The van der Waals surface area contributed by atoms with Crippen molar-refractivity contribution in [2.75, 3.05) is 5.32 Å². The zero-order chi connectivity index (χ0) is 20.1. The summed E-state index contributed by atoms with van der Waals surface area (Å²) in [7, 11) is 0. The van der Waals surface area contributed by atoms with Gasteiger partial charge in [0.15, 0.2) is 5.13 Å². The molecule has 4 aromatic rings. The van der Waals surface area contributed by atoms with Crippen LogP contribution in [0.25, 0.3) is 11.3 Å². The second kappa shape index (κ2) is 8.80. The van der Waals surface area contributed by atoms with Gasteiger partial charge in [0.1, 0.15) is 5.82 Å². The first-order valence-corrected chi connectivity index (χ1v) is 10.2. The van der Waals surface area contributed by atoms with E-state index in [1.807, 2.05) is 23.6 Å². The van der Waals surface area contributed by atoms with E-state index in [-0.39, 0.29) is 18.1 Å². The van der Waals surface area contributed by atoms with Gasteiger partial charge in [0.05, 0.1) is 12.1 Å². The molecule has 0 atom stereocenters. The predicted molar refractivity (Wildman–Crippen MR) is 116 cm³/mol. The summed E-state index contributed by atoms with van der Waals surface area (Å²) in [5, 5.41) is 5.30. The van der Waals surface area contributed by atoms with Gasteiger partial charge in [-0.15, -0.1) is 11.3 Å². The maximum Gasteiger partial charge on any atom is 0.230 e. The molecule has 1 aromatic heterocycles. The van der Waals surface area contributed by atoms with Crippen LogP contribution in [0.4, 0.5) is 9.52 Å². The molecule has 1 amide bonds. The number of aromatic nitrogens is 1. The van der Waals surface area contributed by atoms with E-state index >= 15 is 0 Å². The Bertz CT molecular complexity index is 1090. The van der Waals surface area contributed by atoms with E-state index in [0.717, 1.165) is 23.2 Å². The Balaban J connectivity index is 1.38. The number of rotatable bonds is 6. The SMILES string of the molecule is O=C(Cc1ccc(F)cc1)Nc1nc(-c2ccc(Cc3ccccc3)cc2)cs1. The van der Waals surface area contributed by atoms with Gasteiger partial charge < -0.3 is 5.32 Å². The first kappa shape index (κ1) is 19.0. The largest absolute Gasteiger partial charge is 0.302 e. The van der Waals surface area contributed by atoms with E-state index in [9.17, 15) is 9.18 Å². The zero-order valence-corrected chi connectivity index (χ0v) is 16.5. The molecule has 0 fully saturated rings. The molecule has 0 saturated heterocycles. The van der Waals surface area contributed by atoms with Crippen molar-refractivity contribution in [1.82, 2.24) is 4.98 Å². The van der Waals surface area contributed by atoms with Crippen molar-refractivity contribution < 1.29 is 9.18 Å². The van der Waals surface area contributed by atoms with E-state index in [2.05, 4.69) is 46.7 Å². The molecule has 3 aromatic carbocycles. The number of carbonyl (C=O) groups excluding carboxylic acids is 1. The summed E-state index contributed by atoms with van der Waals surface area (Å²) in [5.41, 5.74) is 5.12. The molecule has 5 heteroatoms. The fourth-order valence-electron chi connectivity index (χ4n) is 3.04. The van der Waals surface area contributed by atoms with Crippen LogP contribution >= 0.6 is 11.3 Å². The molecule has 4 rings (SSSR count). The number of hydrogen-bond acceptors (Lipinski definition) is 3. The van der Waals surface area contributed by atoms with E-state index in [4.69, 9.17) is 0 Å². The molecule has 144 valence electrons. The molecule has 1 heterocycles. The van der Waals surface area contributed by atoms with Gasteiger partial charge in [0.2, 0.25) is 5.91 Å². The second-order valence-electron chi connectivity index (χ2n) is 6.75. The van der Waals surface area contributed by atoms with E-state index in [0.29, 0.717) is 5.13 Å². The Kier molecular flexibility index (Phi) is 5.77. The highest BCUT2D eigenvalue weighted by Crippen LogP contribution is 2.25. The van der Waals surface area contributed by atoms with Gasteiger partial charge in [-0.05, 0) is 35.2 Å². The van der Waals surface area contributed by atoms with E-state index in [1.54, 1.807) is 12.1 Å². The molecule has 0 aliphatic carbocycles. The number of benzene rings is 3. The summed E-state index contributed by atoms with van der Waals surface area (Å²) >= 11 is 1.39. The van der Waals surface area contributed by atoms with Crippen LogP contribution in [0, 0.1) is 5.82 Å². The lowest BCUT2D eigenvalue weighted by molar-refractivity contribution is -0.115. The quantitative estimate of drug-likeness (QED) is 0.448. The number of thiazole rings is 1. The normalized spacial score (nSPS) is 10.7. The van der Waals surface area contributed by atoms with Crippen molar-refractivity contribution in [3.8, 4) is 11.3 Å². The van der Waals surface area contributed by atoms with Gasteiger partial charge in [-0.25, -0.2) is 9.37 Å². The summed E-state index contributed by atoms with van der Waals surface area (Å²) in [6.45, 7) is 0. The number of nitrogens with zero attached hydrogens (tertiary/aromatic N) is 1. The van der Waals surface area contributed by atoms with Crippen molar-refractivity contribution in [2.45, 2.75) is 12.8 Å². The molecule has 0 saturated carbocycles. The summed E-state index contributed by atoms with van der Waals surface area (Å²) in [6, 6.07) is 24.6. The molecular weight excluding hydrogens is 383 g/mol. The highest BCUT2D eigenvalue weighted by atomic mass is 32.1. The molecule has 3 nitrogen and oxygen atoms in total. The summed E-state index contributed by atoms with van der Waals surface area (Å²) < 4.78 is 13.0. The molecule has 0 bridgehead atoms. The van der Waals surface area contributed by atoms with Crippen molar-refractivity contribution in [3.05, 3.63) is 107 Å². The first-order valence-electron chi connectivity index (χ1n) is 9.29. The lowest BCUT2D eigenvalue weighted by Gasteiger charge is -2.04. The second-order valence-corrected chi connectivity index (χ2v) is 7.61. The van der Waals surface area contributed by atoms with Crippen molar-refractivity contribution in [1.29, 1.82) is 0 Å². The van der Waals surface area contributed by atoms with Crippen molar-refractivity contribution >= 4 is 22.4 Å². The van der Waals surface area contributed by atoms with E-state index < -0.39 is 0 Å². The number of halogens is 1. The fraction of sp³-hybridized carbons (Fsp3) is 0.0833. The molecule has 0 spiro atoms. The number of hydrogen-bond donors (Lipinski definition) is 1. The highest BCUT2D eigenvalue weighted by Gasteiger charge is 2.09. The number of carbonyl (C=O) groups is 1. The third-order valence-corrected chi connectivity index (χ3v) is 5.29. The van der Waals surface area contributed by atoms with Gasteiger partial charge in [-0.1, -0.05) is 66.7 Å². The molecule has 0 radical (unpaired) electrons. The summed E-state index contributed by atoms with van der Waals surface area (Å²) in [6.07, 6.45) is 1.08. The molecule has 29 heavy (non-hydrogen) atoms. The third kappa shape index (κ3) is 5.15. The topological polar surface area (TPSA) is 42.0 Å². The molecular formula is C24H19FN2OS. The third-order valence-electron chi connectivity index (χ3n) is 4.53. The Morgan fingerprint density at radius 1 is 0.862 bits per heavy atom. The maximum absolute atomic E-state index is 13.0. The Hall–Kier alpha value is -3.31. The highest BCUT2D eigenvalue weighted by molar-refractivity contribution is 7.14. The van der Waals surface area contributed by atoms with Crippen LogP contribution in [0.5, 0.6) is 0 Å². The predicted octanol–water partition coefficient (Wildman–Crippen LogP) is 5.72. The maximum atomic E-state index is 13.0. The number of anilines is 1. The van der Waals surface area contributed by atoms with Gasteiger partial charge >= 0.3 is 0 Å². The van der Waals surface area contributed by atoms with Crippen molar-refractivity contribution in [3.63, 3.8) is 0 Å². The molecule has 0 unspecified atom stereocenters. The minimum Gasteiger partial charge on any atom is -0.302 e. The van der Waals surface area contributed by atoms with E-state index in [1.165, 1.54) is 34.6 Å². The average molecular weight is 402 g/mol. The monoisotopic (exact) mass is 402 g/mol. The Morgan fingerprint density at radius 2 is 1.52 bits per heavy atom. The lowest BCUT2D eigenvalue weighted by Crippen LogP contribution is -2.14. The Morgan fingerprint density at radius 3 is 2.24 bits per heavy atom. The van der Waals surface area contributed by atoms with Gasteiger partial charge in [0.25, 0.3) is 0 Å². The summed E-state index contributed by atoms with van der Waals surface area (Å²) in [4.78, 5) is 16.7. The van der Waals surface area contributed by atoms with Gasteiger partial charge in [-0.3, -0.25) is 4.79 Å². The molecule has 0 aliphatic heterocycles. The first-order chi connectivity index (χ1) is 14.2. The minimum atomic E-state index is -0.312. The standard InChI is InChI=1S/C24H19FN2OS/c25-21-12-8-19(9-13-21)15-23(28)27-24-26-22(16-29-24)20-10-6-18(7-11-20)14-17-4-2-1-3-5-17/h1-13,16H,14-15H2,(H,26,27,28). The Labute approximate surface area is 172 Å². The minimum absolute atomic E-state index is 0.171. The number of amides is 1. The smallest absolute Gasteiger partial charge is 0.230 e. The van der Waals surface area contributed by atoms with Crippen molar-refractivity contribution in [2.24, 2.45) is 0 Å². The van der Waals surface area contributed by atoms with Gasteiger partial charge in [-0.2, -0.15) is 0 Å². The average Bonchev–Trinajstić information content (AvgIpc) is 3.19. The lowest BCUT2D eigenvalue weighted by atomic mass is 10.0. The van der Waals surface area contributed by atoms with Crippen LogP contribution in [-0.4, -0.2) is 10.9 Å². The van der Waals surface area contributed by atoms with Crippen LogP contribution in [0.3, 0.4) is 0 Å². The zero-order valence-electron chi connectivity index (χ0n) is 15.6. The van der Waals surface area contributed by atoms with Crippen LogP contribution in [0.2, 0.25) is 0 Å².